The molecule has 0 unspecified atom stereocenters. The predicted molar refractivity (Wildman–Crippen MR) is 87.9 cm³/mol. The topological polar surface area (TPSA) is 21.3 Å². The van der Waals surface area contributed by atoms with Gasteiger partial charge in [-0.2, -0.15) is 0 Å². The van der Waals surface area contributed by atoms with Crippen LogP contribution in [-0.2, 0) is 4.74 Å². The first kappa shape index (κ1) is 18.0. The average Bonchev–Trinajstić information content (AvgIpc) is 2.92. The smallest absolute Gasteiger partial charge is 0.0518 e. The van der Waals surface area contributed by atoms with Crippen LogP contribution in [-0.4, -0.2) is 26.3 Å². The first-order valence-electron chi connectivity index (χ1n) is 8.70. The molecule has 0 atom stereocenters. The lowest BCUT2D eigenvalue weighted by Crippen LogP contribution is -2.44. The lowest BCUT2D eigenvalue weighted by Gasteiger charge is -2.30. The fourth-order valence-electron chi connectivity index (χ4n) is 2.18. The van der Waals surface area contributed by atoms with E-state index in [1.54, 1.807) is 0 Å². The first-order valence-corrected chi connectivity index (χ1v) is 8.70. The maximum Gasteiger partial charge on any atom is 0.0518 e. The number of hydrogen-bond acceptors (Lipinski definition) is 2. The summed E-state index contributed by atoms with van der Waals surface area (Å²) in [7, 11) is 0. The van der Waals surface area contributed by atoms with Crippen LogP contribution in [0.5, 0.6) is 0 Å². The summed E-state index contributed by atoms with van der Waals surface area (Å²) in [6.07, 6.45) is 3.00. The van der Waals surface area contributed by atoms with Gasteiger partial charge < -0.3 is 10.1 Å². The third-order valence-corrected chi connectivity index (χ3v) is 4.93. The van der Waals surface area contributed by atoms with Crippen molar-refractivity contribution in [1.82, 2.24) is 5.32 Å². The highest BCUT2D eigenvalue weighted by molar-refractivity contribution is 4.76. The Hall–Kier alpha value is -0.0800. The van der Waals surface area contributed by atoms with Gasteiger partial charge in [-0.25, -0.2) is 0 Å². The average molecular weight is 284 g/mol. The molecule has 1 saturated carbocycles. The first-order chi connectivity index (χ1) is 9.41. The van der Waals surface area contributed by atoms with Crippen LogP contribution in [0.3, 0.4) is 0 Å². The summed E-state index contributed by atoms with van der Waals surface area (Å²) in [5.41, 5.74) is 0. The fraction of sp³-hybridized carbons (Fsp3) is 1.00. The second kappa shape index (κ2) is 9.04. The summed E-state index contributed by atoms with van der Waals surface area (Å²) in [5.74, 6) is 5.62. The second-order valence-electron chi connectivity index (χ2n) is 7.79. The van der Waals surface area contributed by atoms with Gasteiger partial charge >= 0.3 is 0 Å². The molecule has 3 fully saturated rings. The van der Waals surface area contributed by atoms with Crippen molar-refractivity contribution >= 4 is 0 Å². The molecule has 1 aliphatic carbocycles. The van der Waals surface area contributed by atoms with Gasteiger partial charge in [0.15, 0.2) is 0 Å². The SMILES string of the molecule is CC(C)C1CC1.CC(C)C1CNC1.CC(C)C1COC1. The Labute approximate surface area is 127 Å². The Morgan fingerprint density at radius 2 is 1.15 bits per heavy atom. The van der Waals surface area contributed by atoms with Crippen molar-refractivity contribution in [2.75, 3.05) is 26.3 Å². The number of ether oxygens (including phenoxy) is 1. The number of hydrogen-bond donors (Lipinski definition) is 1. The zero-order valence-electron chi connectivity index (χ0n) is 14.6. The molecule has 2 heteroatoms. The van der Waals surface area contributed by atoms with Gasteiger partial charge in [0.1, 0.15) is 0 Å². The van der Waals surface area contributed by atoms with Gasteiger partial charge in [0, 0.05) is 5.92 Å². The molecular weight excluding hydrogens is 246 g/mol. The van der Waals surface area contributed by atoms with Crippen LogP contribution < -0.4 is 5.32 Å². The highest BCUT2D eigenvalue weighted by atomic mass is 16.5. The highest BCUT2D eigenvalue weighted by Crippen LogP contribution is 2.35. The molecule has 3 aliphatic rings. The van der Waals surface area contributed by atoms with E-state index >= 15 is 0 Å². The van der Waals surface area contributed by atoms with Crippen molar-refractivity contribution in [3.8, 4) is 0 Å². The molecule has 1 N–H and O–H groups in total. The monoisotopic (exact) mass is 283 g/mol. The van der Waals surface area contributed by atoms with E-state index in [0.717, 1.165) is 48.7 Å². The Bertz CT molecular complexity index is 220. The fourth-order valence-corrected chi connectivity index (χ4v) is 2.18. The van der Waals surface area contributed by atoms with Crippen molar-refractivity contribution in [3.05, 3.63) is 0 Å². The van der Waals surface area contributed by atoms with Gasteiger partial charge in [-0.05, 0) is 55.5 Å². The summed E-state index contributed by atoms with van der Waals surface area (Å²) in [6.45, 7) is 18.2. The Balaban J connectivity index is 0.000000151. The zero-order valence-corrected chi connectivity index (χ0v) is 14.6. The normalized spacial score (nSPS) is 22.6. The van der Waals surface area contributed by atoms with E-state index in [2.05, 4.69) is 46.9 Å². The Kier molecular flexibility index (Phi) is 8.13. The van der Waals surface area contributed by atoms with Gasteiger partial charge in [-0.1, -0.05) is 41.5 Å². The maximum atomic E-state index is 5.00. The molecule has 2 saturated heterocycles. The van der Waals surface area contributed by atoms with E-state index in [4.69, 9.17) is 4.74 Å². The molecule has 0 aromatic heterocycles. The molecule has 0 aromatic carbocycles. The minimum atomic E-state index is 0.828. The molecule has 0 amide bonds. The van der Waals surface area contributed by atoms with E-state index < -0.39 is 0 Å². The summed E-state index contributed by atoms with van der Waals surface area (Å²) < 4.78 is 5.00. The predicted octanol–water partition coefficient (Wildman–Crippen LogP) is 4.20. The van der Waals surface area contributed by atoms with E-state index in [9.17, 15) is 0 Å². The van der Waals surface area contributed by atoms with Crippen LogP contribution >= 0.6 is 0 Å². The summed E-state index contributed by atoms with van der Waals surface area (Å²) in [6, 6.07) is 0. The molecule has 120 valence electrons. The molecule has 20 heavy (non-hydrogen) atoms. The molecule has 0 spiro atoms. The number of nitrogens with one attached hydrogen (secondary N) is 1. The minimum Gasteiger partial charge on any atom is -0.381 e. The molecule has 0 aromatic rings. The van der Waals surface area contributed by atoms with Gasteiger partial charge in [0.2, 0.25) is 0 Å². The molecule has 2 heterocycles. The summed E-state index contributed by atoms with van der Waals surface area (Å²) >= 11 is 0. The lowest BCUT2D eigenvalue weighted by atomic mass is 9.91. The largest absolute Gasteiger partial charge is 0.381 e. The quantitative estimate of drug-likeness (QED) is 0.838. The van der Waals surface area contributed by atoms with Gasteiger partial charge in [0.25, 0.3) is 0 Å². The van der Waals surface area contributed by atoms with Crippen LogP contribution in [0, 0.1) is 35.5 Å². The van der Waals surface area contributed by atoms with Crippen molar-refractivity contribution < 1.29 is 4.74 Å². The van der Waals surface area contributed by atoms with Gasteiger partial charge in [-0.3, -0.25) is 0 Å². The third kappa shape index (κ3) is 7.08. The molecule has 0 bridgehead atoms. The summed E-state index contributed by atoms with van der Waals surface area (Å²) in [5, 5.41) is 3.24. The van der Waals surface area contributed by atoms with Crippen LogP contribution in [0.1, 0.15) is 54.4 Å². The van der Waals surface area contributed by atoms with Gasteiger partial charge in [0.05, 0.1) is 13.2 Å². The van der Waals surface area contributed by atoms with Crippen molar-refractivity contribution in [1.29, 1.82) is 0 Å². The van der Waals surface area contributed by atoms with E-state index in [1.807, 2.05) is 0 Å². The minimum absolute atomic E-state index is 0.828. The summed E-state index contributed by atoms with van der Waals surface area (Å²) in [4.78, 5) is 0. The van der Waals surface area contributed by atoms with Crippen LogP contribution in [0.2, 0.25) is 0 Å². The van der Waals surface area contributed by atoms with E-state index in [1.165, 1.54) is 25.9 Å². The number of rotatable bonds is 3. The molecule has 3 rings (SSSR count). The Morgan fingerprint density at radius 1 is 0.700 bits per heavy atom. The molecule has 2 nitrogen and oxygen atoms in total. The Morgan fingerprint density at radius 3 is 1.15 bits per heavy atom. The third-order valence-electron chi connectivity index (χ3n) is 4.93. The van der Waals surface area contributed by atoms with E-state index in [0.29, 0.717) is 0 Å². The van der Waals surface area contributed by atoms with Crippen LogP contribution in [0.25, 0.3) is 0 Å². The second-order valence-corrected chi connectivity index (χ2v) is 7.79. The van der Waals surface area contributed by atoms with Crippen LogP contribution in [0.4, 0.5) is 0 Å². The highest BCUT2D eigenvalue weighted by Gasteiger charge is 2.24. The maximum absolute atomic E-state index is 5.00. The zero-order chi connectivity index (χ0) is 15.1. The lowest BCUT2D eigenvalue weighted by molar-refractivity contribution is -0.0534. The van der Waals surface area contributed by atoms with Gasteiger partial charge in [-0.15, -0.1) is 0 Å². The molecular formula is C18H37NO. The van der Waals surface area contributed by atoms with Crippen molar-refractivity contribution in [2.45, 2.75) is 54.4 Å². The van der Waals surface area contributed by atoms with Crippen LogP contribution in [0.15, 0.2) is 0 Å². The molecule has 2 aliphatic heterocycles. The standard InChI is InChI=1S/C6H13N.C6H12O.C6H12/c2*1-5(2)6-3-7-4-6;1-5(2)6-3-4-6/h5-7H,3-4H2,1-2H3;5-6H,3-4H2,1-2H3;5-6H,3-4H2,1-2H3. The molecule has 0 radical (unpaired) electrons. The van der Waals surface area contributed by atoms with Crippen molar-refractivity contribution in [3.63, 3.8) is 0 Å². The van der Waals surface area contributed by atoms with E-state index in [-0.39, 0.29) is 0 Å². The van der Waals surface area contributed by atoms with Crippen molar-refractivity contribution in [2.24, 2.45) is 35.5 Å².